The first-order valence-electron chi connectivity index (χ1n) is 8.66. The maximum Gasteiger partial charge on any atom is 0.341 e. The van der Waals surface area contributed by atoms with Gasteiger partial charge < -0.3 is 4.74 Å². The van der Waals surface area contributed by atoms with Crippen LogP contribution in [0.15, 0.2) is 41.3 Å². The summed E-state index contributed by atoms with van der Waals surface area (Å²) < 4.78 is 31.4. The van der Waals surface area contributed by atoms with Crippen LogP contribution in [0.5, 0.6) is 0 Å². The number of nitrogens with zero attached hydrogens (tertiary/aromatic N) is 1. The highest BCUT2D eigenvalue weighted by Crippen LogP contribution is 2.32. The molecule has 1 saturated heterocycles. The Morgan fingerprint density at radius 3 is 2.14 bits per heavy atom. The summed E-state index contributed by atoms with van der Waals surface area (Å²) in [4.78, 5) is 24.6. The molecule has 0 amide bonds. The molecule has 0 aliphatic carbocycles. The second-order valence-corrected chi connectivity index (χ2v) is 9.48. The Kier molecular flexibility index (Phi) is 6.86. The van der Waals surface area contributed by atoms with Crippen LogP contribution < -0.4 is 0 Å². The Balaban J connectivity index is 1.67. The van der Waals surface area contributed by atoms with Crippen molar-refractivity contribution < 1.29 is 22.7 Å². The second kappa shape index (κ2) is 9.02. The Hall–Kier alpha value is -1.64. The van der Waals surface area contributed by atoms with E-state index in [0.717, 1.165) is 12.8 Å². The van der Waals surface area contributed by atoms with Crippen LogP contribution in [-0.4, -0.2) is 44.2 Å². The average molecular weight is 477 g/mol. The van der Waals surface area contributed by atoms with Crippen molar-refractivity contribution in [1.82, 2.24) is 4.31 Å². The topological polar surface area (TPSA) is 80.8 Å². The van der Waals surface area contributed by atoms with E-state index >= 15 is 0 Å². The molecule has 1 aliphatic heterocycles. The number of carbonyl (C=O) groups is 2. The molecule has 0 radical (unpaired) electrons. The fraction of sp³-hybridized carbons (Fsp3) is 0.263. The predicted molar refractivity (Wildman–Crippen MR) is 111 cm³/mol. The van der Waals surface area contributed by atoms with Crippen LogP contribution in [0, 0.1) is 0 Å². The third-order valence-corrected chi connectivity index (χ3v) is 7.49. The summed E-state index contributed by atoms with van der Waals surface area (Å²) in [6.07, 6.45) is 1.67. The van der Waals surface area contributed by atoms with Gasteiger partial charge in [-0.1, -0.05) is 34.8 Å². The van der Waals surface area contributed by atoms with Crippen LogP contribution >= 0.6 is 34.8 Å². The van der Waals surface area contributed by atoms with Crippen molar-refractivity contribution in [2.45, 2.75) is 17.7 Å². The number of ether oxygens (including phenoxy) is 1. The minimum atomic E-state index is -3.56. The van der Waals surface area contributed by atoms with E-state index in [1.807, 2.05) is 0 Å². The quantitative estimate of drug-likeness (QED) is 0.349. The molecule has 2 aromatic rings. The van der Waals surface area contributed by atoms with Gasteiger partial charge >= 0.3 is 5.97 Å². The lowest BCUT2D eigenvalue weighted by atomic mass is 10.1. The van der Waals surface area contributed by atoms with Crippen molar-refractivity contribution in [1.29, 1.82) is 0 Å². The molecule has 3 rings (SSSR count). The molecule has 0 unspecified atom stereocenters. The summed E-state index contributed by atoms with van der Waals surface area (Å²) in [5.74, 6) is -1.39. The van der Waals surface area contributed by atoms with Gasteiger partial charge in [0.2, 0.25) is 10.0 Å². The molecule has 0 bridgehead atoms. The maximum atomic E-state index is 12.5. The van der Waals surface area contributed by atoms with Crippen molar-refractivity contribution in [2.75, 3.05) is 19.7 Å². The summed E-state index contributed by atoms with van der Waals surface area (Å²) in [5.41, 5.74) is 0.0853. The number of halogens is 3. The third kappa shape index (κ3) is 4.75. The molecule has 2 aromatic carbocycles. The first kappa shape index (κ1) is 22.1. The molecule has 1 fully saturated rings. The molecule has 29 heavy (non-hydrogen) atoms. The Morgan fingerprint density at radius 1 is 0.931 bits per heavy atom. The summed E-state index contributed by atoms with van der Waals surface area (Å²) in [6.45, 7) is 0.428. The van der Waals surface area contributed by atoms with Crippen LogP contribution in [0.1, 0.15) is 33.6 Å². The maximum absolute atomic E-state index is 12.5. The lowest BCUT2D eigenvalue weighted by Crippen LogP contribution is -2.27. The van der Waals surface area contributed by atoms with Crippen LogP contribution in [0.4, 0.5) is 0 Å². The summed E-state index contributed by atoms with van der Waals surface area (Å²) >= 11 is 17.8. The third-order valence-electron chi connectivity index (χ3n) is 4.46. The summed E-state index contributed by atoms with van der Waals surface area (Å²) in [6, 6.07) is 8.34. The number of benzene rings is 2. The van der Waals surface area contributed by atoms with Crippen molar-refractivity contribution in [3.05, 3.63) is 62.6 Å². The molecule has 0 spiro atoms. The van der Waals surface area contributed by atoms with E-state index in [0.29, 0.717) is 13.1 Å². The second-order valence-electron chi connectivity index (χ2n) is 6.35. The highest BCUT2D eigenvalue weighted by Gasteiger charge is 2.27. The van der Waals surface area contributed by atoms with E-state index in [9.17, 15) is 18.0 Å². The molecule has 154 valence electrons. The number of esters is 1. The Bertz CT molecular complexity index is 1050. The zero-order valence-corrected chi connectivity index (χ0v) is 18.1. The van der Waals surface area contributed by atoms with Gasteiger partial charge in [0.25, 0.3) is 0 Å². The molecule has 0 atom stereocenters. The predicted octanol–water partition coefficient (Wildman–Crippen LogP) is 4.47. The van der Waals surface area contributed by atoms with Crippen LogP contribution in [0.2, 0.25) is 15.1 Å². The SMILES string of the molecule is O=C(COC(=O)c1c(Cl)ccc(Cl)c1Cl)c1ccc(S(=O)(=O)N2CCCC2)cc1. The van der Waals surface area contributed by atoms with Gasteiger partial charge in [-0.25, -0.2) is 13.2 Å². The monoisotopic (exact) mass is 475 g/mol. The number of sulfonamides is 1. The normalized spacial score (nSPS) is 14.7. The summed E-state index contributed by atoms with van der Waals surface area (Å²) in [7, 11) is -3.56. The first-order valence-corrected chi connectivity index (χ1v) is 11.2. The van der Waals surface area contributed by atoms with E-state index in [4.69, 9.17) is 39.5 Å². The lowest BCUT2D eigenvalue weighted by molar-refractivity contribution is 0.0475. The Morgan fingerprint density at radius 2 is 1.52 bits per heavy atom. The molecule has 1 heterocycles. The number of carbonyl (C=O) groups excluding carboxylic acids is 2. The van der Waals surface area contributed by atoms with Gasteiger partial charge in [-0.3, -0.25) is 4.79 Å². The van der Waals surface area contributed by atoms with Gasteiger partial charge in [-0.2, -0.15) is 4.31 Å². The number of Topliss-reactive ketones (excluding diaryl/α,β-unsaturated/α-hetero) is 1. The molecule has 1 aliphatic rings. The minimum Gasteiger partial charge on any atom is -0.454 e. The molecule has 6 nitrogen and oxygen atoms in total. The van der Waals surface area contributed by atoms with Crippen molar-refractivity contribution in [2.24, 2.45) is 0 Å². The van der Waals surface area contributed by atoms with Gasteiger partial charge in [0.1, 0.15) is 0 Å². The van der Waals surface area contributed by atoms with Gasteiger partial charge in [0, 0.05) is 18.7 Å². The number of ketones is 1. The lowest BCUT2D eigenvalue weighted by Gasteiger charge is -2.15. The molecule has 10 heteroatoms. The fourth-order valence-corrected chi connectivity index (χ4v) is 5.09. The molecule has 0 saturated carbocycles. The van der Waals surface area contributed by atoms with E-state index in [1.54, 1.807) is 0 Å². The first-order chi connectivity index (χ1) is 13.7. The van der Waals surface area contributed by atoms with Gasteiger partial charge in [-0.05, 0) is 49.2 Å². The highest BCUT2D eigenvalue weighted by molar-refractivity contribution is 7.89. The minimum absolute atomic E-state index is 0.0494. The van der Waals surface area contributed by atoms with Crippen molar-refractivity contribution in [3.63, 3.8) is 0 Å². The van der Waals surface area contributed by atoms with Crippen molar-refractivity contribution >= 4 is 56.6 Å². The molecule has 0 N–H and O–H groups in total. The van der Waals surface area contributed by atoms with Crippen LogP contribution in [0.3, 0.4) is 0 Å². The molecular formula is C19H16Cl3NO5S. The van der Waals surface area contributed by atoms with E-state index in [-0.39, 0.29) is 31.1 Å². The smallest absolute Gasteiger partial charge is 0.341 e. The molecule has 0 aromatic heterocycles. The Labute approximate surface area is 183 Å². The fourth-order valence-electron chi connectivity index (χ4n) is 2.89. The van der Waals surface area contributed by atoms with Gasteiger partial charge in [0.05, 0.1) is 25.5 Å². The zero-order chi connectivity index (χ0) is 21.2. The van der Waals surface area contributed by atoms with Crippen molar-refractivity contribution in [3.8, 4) is 0 Å². The average Bonchev–Trinajstić information content (AvgIpc) is 3.25. The number of hydrogen-bond donors (Lipinski definition) is 0. The van der Waals surface area contributed by atoms with Gasteiger partial charge in [0.15, 0.2) is 12.4 Å². The van der Waals surface area contributed by atoms with E-state index < -0.39 is 28.4 Å². The zero-order valence-electron chi connectivity index (χ0n) is 15.0. The standard InChI is InChI=1S/C19H16Cl3NO5S/c20-14-7-8-15(21)18(22)17(14)19(25)28-11-16(24)12-3-5-13(6-4-12)29(26,27)23-9-1-2-10-23/h3-8H,1-2,9-11H2. The van der Waals surface area contributed by atoms with E-state index in [2.05, 4.69) is 0 Å². The number of hydrogen-bond acceptors (Lipinski definition) is 5. The largest absolute Gasteiger partial charge is 0.454 e. The van der Waals surface area contributed by atoms with E-state index in [1.165, 1.54) is 40.7 Å². The molecular weight excluding hydrogens is 461 g/mol. The van der Waals surface area contributed by atoms with Crippen LogP contribution in [-0.2, 0) is 14.8 Å². The van der Waals surface area contributed by atoms with Crippen LogP contribution in [0.25, 0.3) is 0 Å². The highest BCUT2D eigenvalue weighted by atomic mass is 35.5. The summed E-state index contributed by atoms with van der Waals surface area (Å²) in [5, 5.41) is 0.116. The number of rotatable bonds is 6. The van der Waals surface area contributed by atoms with Gasteiger partial charge in [-0.15, -0.1) is 0 Å².